The number of nitrogens with one attached hydrogen (secondary N) is 1. The van der Waals surface area contributed by atoms with Gasteiger partial charge >= 0.3 is 0 Å². The van der Waals surface area contributed by atoms with E-state index in [9.17, 15) is 0 Å². The molecule has 3 nitrogen and oxygen atoms in total. The molecular weight excluding hydrogens is 270 g/mol. The molecule has 1 saturated heterocycles. The van der Waals surface area contributed by atoms with Crippen molar-refractivity contribution in [3.8, 4) is 0 Å². The fraction of sp³-hybridized carbons (Fsp3) is 0.625. The van der Waals surface area contributed by atoms with Crippen LogP contribution in [0.3, 0.4) is 0 Å². The van der Waals surface area contributed by atoms with E-state index in [4.69, 9.17) is 0 Å². The summed E-state index contributed by atoms with van der Waals surface area (Å²) in [6, 6.07) is 11.6. The summed E-state index contributed by atoms with van der Waals surface area (Å²) in [5.41, 5.74) is 1.50. The zero-order valence-electron chi connectivity index (χ0n) is 12.3. The number of halogens is 1. The lowest BCUT2D eigenvalue weighted by Gasteiger charge is -2.32. The molecule has 1 aliphatic heterocycles. The first-order valence-electron chi connectivity index (χ1n) is 7.52. The lowest BCUT2D eigenvalue weighted by molar-refractivity contribution is 0.154. The molecule has 112 valence electrons. The van der Waals surface area contributed by atoms with Crippen LogP contribution >= 0.6 is 12.4 Å². The number of benzene rings is 1. The molecular formula is C16H26ClN3. The highest BCUT2D eigenvalue weighted by molar-refractivity contribution is 5.85. The predicted octanol–water partition coefficient (Wildman–Crippen LogP) is 1.80. The number of piperazine rings is 1. The van der Waals surface area contributed by atoms with Crippen LogP contribution in [0.4, 0.5) is 0 Å². The van der Waals surface area contributed by atoms with E-state index >= 15 is 0 Å². The highest BCUT2D eigenvalue weighted by Gasteiger charge is 2.37. The molecule has 0 spiro atoms. The molecule has 0 unspecified atom stereocenters. The third-order valence-corrected chi connectivity index (χ3v) is 4.45. The molecule has 0 amide bonds. The van der Waals surface area contributed by atoms with Gasteiger partial charge in [0.25, 0.3) is 0 Å². The van der Waals surface area contributed by atoms with Gasteiger partial charge in [0, 0.05) is 51.2 Å². The molecule has 1 aromatic rings. The molecule has 4 heteroatoms. The Morgan fingerprint density at radius 2 is 1.80 bits per heavy atom. The summed E-state index contributed by atoms with van der Waals surface area (Å²) in [6.45, 7) is 7.23. The van der Waals surface area contributed by atoms with Gasteiger partial charge in [-0.05, 0) is 19.0 Å². The molecule has 3 rings (SSSR count). The van der Waals surface area contributed by atoms with Crippen LogP contribution in [0.5, 0.6) is 0 Å². The van der Waals surface area contributed by atoms with E-state index in [1.165, 1.54) is 44.7 Å². The Balaban J connectivity index is 0.00000147. The molecule has 1 aliphatic carbocycles. The summed E-state index contributed by atoms with van der Waals surface area (Å²) < 4.78 is 0. The molecule has 2 aliphatic rings. The summed E-state index contributed by atoms with van der Waals surface area (Å²) in [6.07, 6.45) is 1.31. The molecule has 2 atom stereocenters. The van der Waals surface area contributed by atoms with Gasteiger partial charge in [-0.1, -0.05) is 30.3 Å². The summed E-state index contributed by atoms with van der Waals surface area (Å²) >= 11 is 0. The SMILES string of the molecule is CN1CCN(CCN[C@@H]2C[C@H]2c2ccccc2)CC1.Cl. The summed E-state index contributed by atoms with van der Waals surface area (Å²) in [5.74, 6) is 0.758. The van der Waals surface area contributed by atoms with E-state index in [0.717, 1.165) is 18.5 Å². The molecule has 0 aromatic heterocycles. The quantitative estimate of drug-likeness (QED) is 0.894. The second-order valence-electron chi connectivity index (χ2n) is 5.96. The van der Waals surface area contributed by atoms with E-state index in [2.05, 4.69) is 52.5 Å². The lowest BCUT2D eigenvalue weighted by atomic mass is 10.1. The first-order chi connectivity index (χ1) is 9.33. The minimum absolute atomic E-state index is 0. The van der Waals surface area contributed by atoms with E-state index in [1.807, 2.05) is 0 Å². The van der Waals surface area contributed by atoms with Crippen molar-refractivity contribution in [2.45, 2.75) is 18.4 Å². The Kier molecular flexibility index (Phi) is 5.85. The summed E-state index contributed by atoms with van der Waals surface area (Å²) in [5, 5.41) is 3.71. The molecule has 1 aromatic carbocycles. The van der Waals surface area contributed by atoms with Gasteiger partial charge in [0.1, 0.15) is 0 Å². The largest absolute Gasteiger partial charge is 0.312 e. The van der Waals surface area contributed by atoms with Crippen molar-refractivity contribution < 1.29 is 0 Å². The monoisotopic (exact) mass is 295 g/mol. The molecule has 0 radical (unpaired) electrons. The Hall–Kier alpha value is -0.610. The second kappa shape index (κ2) is 7.41. The number of hydrogen-bond donors (Lipinski definition) is 1. The van der Waals surface area contributed by atoms with Crippen LogP contribution in [-0.4, -0.2) is 62.2 Å². The minimum atomic E-state index is 0. The normalized spacial score (nSPS) is 27.1. The zero-order chi connectivity index (χ0) is 13.1. The van der Waals surface area contributed by atoms with Crippen LogP contribution in [0.1, 0.15) is 17.9 Å². The van der Waals surface area contributed by atoms with Crippen molar-refractivity contribution in [2.24, 2.45) is 0 Å². The molecule has 1 N–H and O–H groups in total. The third-order valence-electron chi connectivity index (χ3n) is 4.45. The number of hydrogen-bond acceptors (Lipinski definition) is 3. The summed E-state index contributed by atoms with van der Waals surface area (Å²) in [4.78, 5) is 4.99. The van der Waals surface area contributed by atoms with Gasteiger partial charge in [0.05, 0.1) is 0 Å². The van der Waals surface area contributed by atoms with Gasteiger partial charge < -0.3 is 10.2 Å². The second-order valence-corrected chi connectivity index (χ2v) is 5.96. The first kappa shape index (κ1) is 15.8. The van der Waals surface area contributed by atoms with Crippen LogP contribution in [0, 0.1) is 0 Å². The van der Waals surface area contributed by atoms with E-state index in [0.29, 0.717) is 0 Å². The van der Waals surface area contributed by atoms with E-state index in [-0.39, 0.29) is 12.4 Å². The third kappa shape index (κ3) is 4.19. The molecule has 0 bridgehead atoms. The fourth-order valence-electron chi connectivity index (χ4n) is 2.97. The van der Waals surface area contributed by atoms with Crippen LogP contribution in [0.15, 0.2) is 30.3 Å². The van der Waals surface area contributed by atoms with E-state index < -0.39 is 0 Å². The van der Waals surface area contributed by atoms with Crippen LogP contribution in [0.25, 0.3) is 0 Å². The Labute approximate surface area is 128 Å². The number of likely N-dealkylation sites (N-methyl/N-ethyl adjacent to an activating group) is 1. The fourth-order valence-corrected chi connectivity index (χ4v) is 2.97. The van der Waals surface area contributed by atoms with Crippen LogP contribution in [0.2, 0.25) is 0 Å². The van der Waals surface area contributed by atoms with Gasteiger partial charge in [0.2, 0.25) is 0 Å². The van der Waals surface area contributed by atoms with Crippen molar-refractivity contribution in [1.82, 2.24) is 15.1 Å². The van der Waals surface area contributed by atoms with Crippen molar-refractivity contribution in [2.75, 3.05) is 46.3 Å². The minimum Gasteiger partial charge on any atom is -0.312 e. The van der Waals surface area contributed by atoms with Gasteiger partial charge in [-0.3, -0.25) is 4.90 Å². The molecule has 1 saturated carbocycles. The standard InChI is InChI=1S/C16H25N3.ClH/c1-18-9-11-19(12-10-18)8-7-17-16-13-15(16)14-5-3-2-4-6-14;/h2-6,15-17H,7-13H2,1H3;1H/t15-,16+;/m0./s1. The maximum absolute atomic E-state index is 3.71. The van der Waals surface area contributed by atoms with Crippen LogP contribution < -0.4 is 5.32 Å². The van der Waals surface area contributed by atoms with Gasteiger partial charge in [-0.15, -0.1) is 12.4 Å². The average Bonchev–Trinajstić information content (AvgIpc) is 3.22. The predicted molar refractivity (Wildman–Crippen MR) is 86.8 cm³/mol. The highest BCUT2D eigenvalue weighted by Crippen LogP contribution is 2.40. The Morgan fingerprint density at radius 1 is 1.10 bits per heavy atom. The summed E-state index contributed by atoms with van der Waals surface area (Å²) in [7, 11) is 2.21. The van der Waals surface area contributed by atoms with Crippen molar-refractivity contribution in [1.29, 1.82) is 0 Å². The van der Waals surface area contributed by atoms with Gasteiger partial charge in [-0.2, -0.15) is 0 Å². The smallest absolute Gasteiger partial charge is 0.0143 e. The lowest BCUT2D eigenvalue weighted by Crippen LogP contribution is -2.46. The first-order valence-corrected chi connectivity index (χ1v) is 7.52. The number of nitrogens with zero attached hydrogens (tertiary/aromatic N) is 2. The Bertz CT molecular complexity index is 390. The van der Waals surface area contributed by atoms with Crippen molar-refractivity contribution in [3.63, 3.8) is 0 Å². The van der Waals surface area contributed by atoms with Crippen molar-refractivity contribution in [3.05, 3.63) is 35.9 Å². The maximum atomic E-state index is 3.71. The topological polar surface area (TPSA) is 18.5 Å². The molecule has 1 heterocycles. The molecule has 20 heavy (non-hydrogen) atoms. The zero-order valence-corrected chi connectivity index (χ0v) is 13.1. The van der Waals surface area contributed by atoms with Crippen LogP contribution in [-0.2, 0) is 0 Å². The molecule has 2 fully saturated rings. The highest BCUT2D eigenvalue weighted by atomic mass is 35.5. The number of rotatable bonds is 5. The van der Waals surface area contributed by atoms with Crippen molar-refractivity contribution >= 4 is 12.4 Å². The van der Waals surface area contributed by atoms with Gasteiger partial charge in [-0.25, -0.2) is 0 Å². The maximum Gasteiger partial charge on any atom is 0.0143 e. The average molecular weight is 296 g/mol. The Morgan fingerprint density at radius 3 is 2.50 bits per heavy atom. The van der Waals surface area contributed by atoms with E-state index in [1.54, 1.807) is 0 Å². The van der Waals surface area contributed by atoms with Gasteiger partial charge in [0.15, 0.2) is 0 Å².